The largest absolute Gasteiger partial charge is 0.342 e. The molecule has 0 radical (unpaired) electrons. The number of aromatic nitrogens is 3. The number of aromatic amines is 2. The Labute approximate surface area is 115 Å². The molecule has 0 bridgehead atoms. The van der Waals surface area contributed by atoms with Crippen molar-refractivity contribution < 1.29 is 9.18 Å². The first kappa shape index (κ1) is 14.0. The van der Waals surface area contributed by atoms with Crippen molar-refractivity contribution in [1.29, 1.82) is 0 Å². The Morgan fingerprint density at radius 3 is 2.65 bits per heavy atom. The molecule has 2 rings (SSSR count). The number of nitrogens with one attached hydrogen (secondary N) is 3. The van der Waals surface area contributed by atoms with Gasteiger partial charge in [0.2, 0.25) is 5.91 Å². The molecule has 1 amide bonds. The minimum atomic E-state index is -0.713. The van der Waals surface area contributed by atoms with Crippen molar-refractivity contribution in [3.05, 3.63) is 50.9 Å². The van der Waals surface area contributed by atoms with Crippen LogP contribution >= 0.6 is 11.8 Å². The van der Waals surface area contributed by atoms with E-state index in [9.17, 15) is 18.8 Å². The van der Waals surface area contributed by atoms with Crippen LogP contribution in [0.3, 0.4) is 0 Å². The van der Waals surface area contributed by atoms with Gasteiger partial charge in [0.25, 0.3) is 5.56 Å². The summed E-state index contributed by atoms with van der Waals surface area (Å²) in [4.78, 5) is 35.7. The van der Waals surface area contributed by atoms with Gasteiger partial charge in [-0.05, 0) is 24.3 Å². The molecule has 0 spiro atoms. The second kappa shape index (κ2) is 6.15. The SMILES string of the molecule is O=C(CSc1n[nH]c(=O)[nH]c1=O)Nc1ccc(F)cc1. The van der Waals surface area contributed by atoms with Gasteiger partial charge < -0.3 is 5.32 Å². The van der Waals surface area contributed by atoms with Gasteiger partial charge in [-0.1, -0.05) is 11.8 Å². The number of H-pyrrole nitrogens is 2. The predicted octanol–water partition coefficient (Wildman–Crippen LogP) is 0.328. The van der Waals surface area contributed by atoms with Gasteiger partial charge in [-0.25, -0.2) is 14.3 Å². The van der Waals surface area contributed by atoms with Crippen LogP contribution in [0.25, 0.3) is 0 Å². The van der Waals surface area contributed by atoms with Gasteiger partial charge in [0.05, 0.1) is 5.75 Å². The predicted molar refractivity (Wildman–Crippen MR) is 71.2 cm³/mol. The van der Waals surface area contributed by atoms with Crippen molar-refractivity contribution in [2.24, 2.45) is 0 Å². The highest BCUT2D eigenvalue weighted by atomic mass is 32.2. The number of hydrogen-bond donors (Lipinski definition) is 3. The lowest BCUT2D eigenvalue weighted by molar-refractivity contribution is -0.113. The van der Waals surface area contributed by atoms with Gasteiger partial charge in [0, 0.05) is 5.69 Å². The first-order chi connectivity index (χ1) is 9.54. The molecule has 9 heteroatoms. The quantitative estimate of drug-likeness (QED) is 0.705. The highest BCUT2D eigenvalue weighted by Gasteiger charge is 2.08. The molecule has 2 aromatic rings. The van der Waals surface area contributed by atoms with Crippen LogP contribution in [-0.2, 0) is 4.79 Å². The van der Waals surface area contributed by atoms with Gasteiger partial charge >= 0.3 is 5.69 Å². The van der Waals surface area contributed by atoms with Crippen molar-refractivity contribution in [2.75, 3.05) is 11.1 Å². The maximum atomic E-state index is 12.7. The van der Waals surface area contributed by atoms with E-state index >= 15 is 0 Å². The van der Waals surface area contributed by atoms with E-state index < -0.39 is 17.1 Å². The number of nitrogens with zero attached hydrogens (tertiary/aromatic N) is 1. The number of benzene rings is 1. The first-order valence-corrected chi connectivity index (χ1v) is 6.40. The Bertz CT molecular complexity index is 725. The summed E-state index contributed by atoms with van der Waals surface area (Å²) in [5, 5.41) is 8.10. The minimum Gasteiger partial charge on any atom is -0.325 e. The number of anilines is 1. The Kier molecular flexibility index (Phi) is 4.31. The fraction of sp³-hybridized carbons (Fsp3) is 0.0909. The number of carbonyl (C=O) groups is 1. The molecule has 0 fully saturated rings. The molecule has 104 valence electrons. The monoisotopic (exact) mass is 296 g/mol. The highest BCUT2D eigenvalue weighted by molar-refractivity contribution is 7.99. The fourth-order valence-electron chi connectivity index (χ4n) is 1.30. The number of rotatable bonds is 4. The van der Waals surface area contributed by atoms with E-state index in [1.165, 1.54) is 24.3 Å². The van der Waals surface area contributed by atoms with E-state index in [2.05, 4.69) is 15.5 Å². The van der Waals surface area contributed by atoms with Crippen molar-refractivity contribution in [2.45, 2.75) is 5.03 Å². The van der Waals surface area contributed by atoms with Crippen LogP contribution in [0, 0.1) is 5.82 Å². The van der Waals surface area contributed by atoms with E-state index in [-0.39, 0.29) is 16.7 Å². The molecule has 1 aromatic heterocycles. The second-order valence-electron chi connectivity index (χ2n) is 3.66. The number of amides is 1. The zero-order valence-corrected chi connectivity index (χ0v) is 10.8. The maximum Gasteiger partial charge on any atom is 0.342 e. The molecular weight excluding hydrogens is 287 g/mol. The van der Waals surface area contributed by atoms with Gasteiger partial charge in [0.15, 0.2) is 5.03 Å². The molecular formula is C11H9FN4O3S. The van der Waals surface area contributed by atoms with Gasteiger partial charge in [-0.3, -0.25) is 14.6 Å². The van der Waals surface area contributed by atoms with Crippen LogP contribution in [0.15, 0.2) is 38.9 Å². The van der Waals surface area contributed by atoms with Crippen LogP contribution in [0.2, 0.25) is 0 Å². The second-order valence-corrected chi connectivity index (χ2v) is 4.62. The van der Waals surface area contributed by atoms with Crippen molar-refractivity contribution >= 4 is 23.4 Å². The third kappa shape index (κ3) is 3.79. The lowest BCUT2D eigenvalue weighted by Crippen LogP contribution is -2.25. The number of thioether (sulfide) groups is 1. The average Bonchev–Trinajstić information content (AvgIpc) is 2.40. The molecule has 1 aromatic carbocycles. The molecule has 0 atom stereocenters. The van der Waals surface area contributed by atoms with Gasteiger partial charge in [-0.2, -0.15) is 5.10 Å². The lowest BCUT2D eigenvalue weighted by atomic mass is 10.3. The summed E-state index contributed by atoms with van der Waals surface area (Å²) in [5.41, 5.74) is -0.927. The molecule has 0 aliphatic rings. The zero-order chi connectivity index (χ0) is 14.5. The summed E-state index contributed by atoms with van der Waals surface area (Å²) < 4.78 is 12.7. The van der Waals surface area contributed by atoms with Crippen molar-refractivity contribution in [1.82, 2.24) is 15.2 Å². The summed E-state index contributed by atoms with van der Waals surface area (Å²) in [7, 11) is 0. The summed E-state index contributed by atoms with van der Waals surface area (Å²) in [6.45, 7) is 0. The van der Waals surface area contributed by atoms with E-state index in [4.69, 9.17) is 0 Å². The Hall–Kier alpha value is -2.42. The van der Waals surface area contributed by atoms with Gasteiger partial charge in [-0.15, -0.1) is 0 Å². The summed E-state index contributed by atoms with van der Waals surface area (Å²) in [6.07, 6.45) is 0. The number of halogens is 1. The molecule has 20 heavy (non-hydrogen) atoms. The first-order valence-electron chi connectivity index (χ1n) is 5.42. The molecule has 0 saturated heterocycles. The minimum absolute atomic E-state index is 0.0149. The molecule has 0 saturated carbocycles. The van der Waals surface area contributed by atoms with E-state index in [0.717, 1.165) is 11.8 Å². The molecule has 0 aliphatic heterocycles. The molecule has 0 unspecified atom stereocenters. The van der Waals surface area contributed by atoms with Gasteiger partial charge in [0.1, 0.15) is 5.82 Å². The summed E-state index contributed by atoms with van der Waals surface area (Å²) in [6, 6.07) is 5.28. The summed E-state index contributed by atoms with van der Waals surface area (Å²) in [5.74, 6) is -0.852. The average molecular weight is 296 g/mol. The smallest absolute Gasteiger partial charge is 0.325 e. The van der Waals surface area contributed by atoms with Crippen LogP contribution in [0.1, 0.15) is 0 Å². The van der Waals surface area contributed by atoms with E-state index in [1.54, 1.807) is 0 Å². The number of carbonyl (C=O) groups excluding carboxylic acids is 1. The zero-order valence-electron chi connectivity index (χ0n) is 9.97. The highest BCUT2D eigenvalue weighted by Crippen LogP contribution is 2.11. The van der Waals surface area contributed by atoms with Crippen LogP contribution in [0.4, 0.5) is 10.1 Å². The maximum absolute atomic E-state index is 12.7. The number of hydrogen-bond acceptors (Lipinski definition) is 5. The standard InChI is InChI=1S/C11H9FN4O3S/c12-6-1-3-7(4-2-6)13-8(17)5-20-10-9(18)14-11(19)16-15-10/h1-4H,5H2,(H,13,17)(H2,14,16,18,19). The third-order valence-corrected chi connectivity index (χ3v) is 3.10. The Morgan fingerprint density at radius 1 is 1.30 bits per heavy atom. The molecule has 1 heterocycles. The summed E-state index contributed by atoms with van der Waals surface area (Å²) >= 11 is 0.875. The lowest BCUT2D eigenvalue weighted by Gasteiger charge is -2.04. The fourth-order valence-corrected chi connectivity index (χ4v) is 1.93. The van der Waals surface area contributed by atoms with Crippen LogP contribution in [0.5, 0.6) is 0 Å². The van der Waals surface area contributed by atoms with Crippen molar-refractivity contribution in [3.8, 4) is 0 Å². The van der Waals surface area contributed by atoms with E-state index in [1.807, 2.05) is 4.98 Å². The third-order valence-electron chi connectivity index (χ3n) is 2.15. The normalized spacial score (nSPS) is 10.2. The Morgan fingerprint density at radius 2 is 2.00 bits per heavy atom. The topological polar surface area (TPSA) is 108 Å². The van der Waals surface area contributed by atoms with Crippen LogP contribution in [-0.4, -0.2) is 26.8 Å². The molecule has 3 N–H and O–H groups in total. The van der Waals surface area contributed by atoms with Crippen molar-refractivity contribution in [3.63, 3.8) is 0 Å². The Balaban J connectivity index is 1.93. The molecule has 0 aliphatic carbocycles. The van der Waals surface area contributed by atoms with E-state index in [0.29, 0.717) is 5.69 Å². The van der Waals surface area contributed by atoms with Crippen LogP contribution < -0.4 is 16.6 Å². The molecule has 7 nitrogen and oxygen atoms in total.